The van der Waals surface area contributed by atoms with Crippen molar-refractivity contribution in [2.75, 3.05) is 5.75 Å². The zero-order chi connectivity index (χ0) is 12.1. The molecule has 0 aliphatic rings. The Morgan fingerprint density at radius 3 is 2.76 bits per heavy atom. The number of nitriles is 1. The highest BCUT2D eigenvalue weighted by atomic mass is 32.2. The third-order valence-electron chi connectivity index (χ3n) is 2.07. The fourth-order valence-corrected chi connectivity index (χ4v) is 2.75. The van der Waals surface area contributed by atoms with E-state index in [-0.39, 0.29) is 5.78 Å². The lowest BCUT2D eigenvalue weighted by Gasteiger charge is -1.99. The maximum atomic E-state index is 11.8. The van der Waals surface area contributed by atoms with Crippen LogP contribution in [0, 0.1) is 11.3 Å². The van der Waals surface area contributed by atoms with Crippen LogP contribution in [-0.4, -0.2) is 16.5 Å². The first-order chi connectivity index (χ1) is 8.29. The van der Waals surface area contributed by atoms with Crippen molar-refractivity contribution in [2.45, 2.75) is 4.34 Å². The monoisotopic (exact) mass is 260 g/mol. The summed E-state index contributed by atoms with van der Waals surface area (Å²) in [7, 11) is 0. The lowest BCUT2D eigenvalue weighted by atomic mass is 10.1. The standard InChI is InChI=1S/C12H8N2OS2/c13-7-9-1-3-10(4-2-9)11(15)8-17-12-14-5-6-16-12/h1-6H,8H2. The third kappa shape index (κ3) is 3.16. The van der Waals surface area contributed by atoms with Crippen molar-refractivity contribution in [1.29, 1.82) is 5.26 Å². The van der Waals surface area contributed by atoms with Crippen LogP contribution in [0.3, 0.4) is 0 Å². The SMILES string of the molecule is N#Cc1ccc(C(=O)CSc2nccs2)cc1. The minimum Gasteiger partial charge on any atom is -0.293 e. The van der Waals surface area contributed by atoms with E-state index in [0.717, 1.165) is 4.34 Å². The van der Waals surface area contributed by atoms with Gasteiger partial charge in [0.25, 0.3) is 0 Å². The van der Waals surface area contributed by atoms with Crippen LogP contribution in [-0.2, 0) is 0 Å². The summed E-state index contributed by atoms with van der Waals surface area (Å²) in [5.41, 5.74) is 1.20. The Morgan fingerprint density at radius 2 is 2.18 bits per heavy atom. The number of ketones is 1. The van der Waals surface area contributed by atoms with E-state index >= 15 is 0 Å². The molecule has 0 spiro atoms. The second-order valence-electron chi connectivity index (χ2n) is 3.20. The zero-order valence-corrected chi connectivity index (χ0v) is 10.4. The highest BCUT2D eigenvalue weighted by molar-refractivity contribution is 8.01. The molecule has 0 saturated carbocycles. The van der Waals surface area contributed by atoms with E-state index in [1.165, 1.54) is 23.1 Å². The van der Waals surface area contributed by atoms with Gasteiger partial charge < -0.3 is 0 Å². The third-order valence-corrected chi connectivity index (χ3v) is 4.04. The van der Waals surface area contributed by atoms with Crippen LogP contribution in [0.15, 0.2) is 40.2 Å². The number of hydrogen-bond acceptors (Lipinski definition) is 5. The van der Waals surface area contributed by atoms with Gasteiger partial charge in [0.15, 0.2) is 5.78 Å². The van der Waals surface area contributed by atoms with Gasteiger partial charge in [-0.2, -0.15) is 5.26 Å². The summed E-state index contributed by atoms with van der Waals surface area (Å²) in [5, 5.41) is 10.5. The van der Waals surface area contributed by atoms with Gasteiger partial charge in [-0.05, 0) is 12.1 Å². The molecule has 1 aromatic heterocycles. The van der Waals surface area contributed by atoms with E-state index in [1.54, 1.807) is 30.5 Å². The highest BCUT2D eigenvalue weighted by Gasteiger charge is 2.07. The zero-order valence-electron chi connectivity index (χ0n) is 8.79. The Balaban J connectivity index is 1.97. The maximum Gasteiger partial charge on any atom is 0.173 e. The van der Waals surface area contributed by atoms with Crippen molar-refractivity contribution in [3.63, 3.8) is 0 Å². The van der Waals surface area contributed by atoms with Gasteiger partial charge >= 0.3 is 0 Å². The number of nitrogens with zero attached hydrogens (tertiary/aromatic N) is 2. The number of thioether (sulfide) groups is 1. The first-order valence-electron chi connectivity index (χ1n) is 4.85. The Hall–Kier alpha value is -1.64. The predicted molar refractivity (Wildman–Crippen MR) is 68.3 cm³/mol. The van der Waals surface area contributed by atoms with Gasteiger partial charge in [-0.1, -0.05) is 23.9 Å². The van der Waals surface area contributed by atoms with Crippen LogP contribution in [0.1, 0.15) is 15.9 Å². The lowest BCUT2D eigenvalue weighted by Crippen LogP contribution is -2.01. The molecular weight excluding hydrogens is 252 g/mol. The molecular formula is C12H8N2OS2. The fraction of sp³-hybridized carbons (Fsp3) is 0.0833. The highest BCUT2D eigenvalue weighted by Crippen LogP contribution is 2.21. The normalized spacial score (nSPS) is 9.82. The molecule has 5 heteroatoms. The summed E-state index contributed by atoms with van der Waals surface area (Å²) in [4.78, 5) is 15.9. The number of carbonyl (C=O) groups excluding carboxylic acids is 1. The average Bonchev–Trinajstić information content (AvgIpc) is 2.89. The molecule has 0 bridgehead atoms. The molecule has 3 nitrogen and oxygen atoms in total. The minimum absolute atomic E-state index is 0.0506. The summed E-state index contributed by atoms with van der Waals surface area (Å²) < 4.78 is 0.895. The van der Waals surface area contributed by atoms with E-state index in [2.05, 4.69) is 4.98 Å². The Kier molecular flexibility index (Phi) is 3.91. The van der Waals surface area contributed by atoms with E-state index in [9.17, 15) is 4.79 Å². The topological polar surface area (TPSA) is 53.8 Å². The molecule has 1 aromatic carbocycles. The van der Waals surface area contributed by atoms with Crippen LogP contribution in [0.5, 0.6) is 0 Å². The smallest absolute Gasteiger partial charge is 0.173 e. The molecule has 0 aliphatic carbocycles. The van der Waals surface area contributed by atoms with Gasteiger partial charge in [-0.3, -0.25) is 4.79 Å². The quantitative estimate of drug-likeness (QED) is 0.626. The lowest BCUT2D eigenvalue weighted by molar-refractivity contribution is 0.102. The molecule has 0 radical (unpaired) electrons. The largest absolute Gasteiger partial charge is 0.293 e. The predicted octanol–water partition coefficient (Wildman–Crippen LogP) is 2.99. The number of hydrogen-bond donors (Lipinski definition) is 0. The number of benzene rings is 1. The Labute approximate surface area is 107 Å². The molecule has 0 amide bonds. The second kappa shape index (κ2) is 5.62. The average molecular weight is 260 g/mol. The number of rotatable bonds is 4. The van der Waals surface area contributed by atoms with Gasteiger partial charge in [0.05, 0.1) is 17.4 Å². The van der Waals surface area contributed by atoms with E-state index in [1.807, 2.05) is 11.4 Å². The van der Waals surface area contributed by atoms with Crippen molar-refractivity contribution in [2.24, 2.45) is 0 Å². The van der Waals surface area contributed by atoms with Crippen LogP contribution in [0.4, 0.5) is 0 Å². The molecule has 0 aliphatic heterocycles. The van der Waals surface area contributed by atoms with Crippen LogP contribution in [0.25, 0.3) is 0 Å². The molecule has 0 unspecified atom stereocenters. The van der Waals surface area contributed by atoms with E-state index in [4.69, 9.17) is 5.26 Å². The summed E-state index contributed by atoms with van der Waals surface area (Å²) in [6.45, 7) is 0. The van der Waals surface area contributed by atoms with Crippen molar-refractivity contribution < 1.29 is 4.79 Å². The summed E-state index contributed by atoms with van der Waals surface area (Å²) in [5.74, 6) is 0.425. The minimum atomic E-state index is 0.0506. The molecule has 0 atom stereocenters. The Bertz CT molecular complexity index is 541. The van der Waals surface area contributed by atoms with Crippen molar-refractivity contribution in [3.8, 4) is 6.07 Å². The number of carbonyl (C=O) groups is 1. The molecule has 0 N–H and O–H groups in total. The van der Waals surface area contributed by atoms with E-state index in [0.29, 0.717) is 16.9 Å². The van der Waals surface area contributed by atoms with Gasteiger partial charge in [0, 0.05) is 17.1 Å². The molecule has 2 aromatic rings. The van der Waals surface area contributed by atoms with Gasteiger partial charge in [0.1, 0.15) is 4.34 Å². The number of aromatic nitrogens is 1. The molecule has 84 valence electrons. The maximum absolute atomic E-state index is 11.8. The molecule has 17 heavy (non-hydrogen) atoms. The van der Waals surface area contributed by atoms with Gasteiger partial charge in [-0.15, -0.1) is 11.3 Å². The van der Waals surface area contributed by atoms with Crippen molar-refractivity contribution >= 4 is 28.9 Å². The summed E-state index contributed by atoms with van der Waals surface area (Å²) in [6, 6.07) is 8.70. The molecule has 0 fully saturated rings. The number of Topliss-reactive ketones (excluding diaryl/α,β-unsaturated/α-hetero) is 1. The molecule has 0 saturated heterocycles. The first kappa shape index (κ1) is 11.8. The number of thiazole rings is 1. The fourth-order valence-electron chi connectivity index (χ4n) is 1.22. The van der Waals surface area contributed by atoms with E-state index < -0.39 is 0 Å². The Morgan fingerprint density at radius 1 is 1.41 bits per heavy atom. The second-order valence-corrected chi connectivity index (χ2v) is 5.32. The van der Waals surface area contributed by atoms with Crippen molar-refractivity contribution in [3.05, 3.63) is 47.0 Å². The van der Waals surface area contributed by atoms with Crippen LogP contribution < -0.4 is 0 Å². The van der Waals surface area contributed by atoms with Crippen molar-refractivity contribution in [1.82, 2.24) is 4.98 Å². The molecule has 2 rings (SSSR count). The first-order valence-corrected chi connectivity index (χ1v) is 6.72. The van der Waals surface area contributed by atoms with Crippen LogP contribution >= 0.6 is 23.1 Å². The summed E-state index contributed by atoms with van der Waals surface area (Å²) in [6.07, 6.45) is 1.72. The van der Waals surface area contributed by atoms with Gasteiger partial charge in [0.2, 0.25) is 0 Å². The van der Waals surface area contributed by atoms with Gasteiger partial charge in [-0.25, -0.2) is 4.98 Å². The van der Waals surface area contributed by atoms with Crippen LogP contribution in [0.2, 0.25) is 0 Å². The molecule has 1 heterocycles. The summed E-state index contributed by atoms with van der Waals surface area (Å²) >= 11 is 2.96.